The van der Waals surface area contributed by atoms with Gasteiger partial charge in [0, 0.05) is 19.7 Å². The lowest BCUT2D eigenvalue weighted by Gasteiger charge is -2.30. The van der Waals surface area contributed by atoms with E-state index in [2.05, 4.69) is 0 Å². The topological polar surface area (TPSA) is 83.6 Å². The molecule has 1 saturated heterocycles. The van der Waals surface area contributed by atoms with E-state index in [1.165, 1.54) is 16.4 Å². The van der Waals surface area contributed by atoms with Crippen molar-refractivity contribution in [3.8, 4) is 0 Å². The van der Waals surface area contributed by atoms with Crippen LogP contribution in [0, 0.1) is 5.92 Å². The van der Waals surface area contributed by atoms with Gasteiger partial charge in [0.2, 0.25) is 10.0 Å². The van der Waals surface area contributed by atoms with Crippen molar-refractivity contribution in [2.75, 3.05) is 25.4 Å². The Kier molecular flexibility index (Phi) is 4.81. The van der Waals surface area contributed by atoms with Gasteiger partial charge in [-0.25, -0.2) is 8.42 Å². The zero-order valence-electron chi connectivity index (χ0n) is 10.7. The third-order valence-corrected chi connectivity index (χ3v) is 6.02. The van der Waals surface area contributed by atoms with Gasteiger partial charge < -0.3 is 10.8 Å². The number of halogens is 2. The summed E-state index contributed by atoms with van der Waals surface area (Å²) >= 11 is 11.8. The molecule has 0 radical (unpaired) electrons. The smallest absolute Gasteiger partial charge is 0.243 e. The second-order valence-corrected chi connectivity index (χ2v) is 7.58. The minimum Gasteiger partial charge on any atom is -0.396 e. The summed E-state index contributed by atoms with van der Waals surface area (Å²) in [5.74, 6) is 0.167. The Morgan fingerprint density at radius 1 is 1.25 bits per heavy atom. The number of aliphatic hydroxyl groups is 1. The van der Waals surface area contributed by atoms with Gasteiger partial charge in [-0.3, -0.25) is 0 Å². The van der Waals surface area contributed by atoms with E-state index in [1.807, 2.05) is 0 Å². The lowest BCUT2D eigenvalue weighted by molar-refractivity contribution is 0.170. The van der Waals surface area contributed by atoms with Crippen molar-refractivity contribution < 1.29 is 13.5 Å². The van der Waals surface area contributed by atoms with Crippen LogP contribution in [0.2, 0.25) is 10.0 Å². The number of nitrogens with zero attached hydrogens (tertiary/aromatic N) is 1. The summed E-state index contributed by atoms with van der Waals surface area (Å²) in [6, 6.07) is 2.63. The van der Waals surface area contributed by atoms with Crippen LogP contribution in [0.5, 0.6) is 0 Å². The average molecular weight is 339 g/mol. The van der Waals surface area contributed by atoms with Crippen LogP contribution in [0.4, 0.5) is 5.69 Å². The van der Waals surface area contributed by atoms with Gasteiger partial charge in [-0.15, -0.1) is 0 Å². The number of rotatable bonds is 3. The highest BCUT2D eigenvalue weighted by molar-refractivity contribution is 7.89. The zero-order valence-corrected chi connectivity index (χ0v) is 13.0. The van der Waals surface area contributed by atoms with Gasteiger partial charge in [-0.1, -0.05) is 23.2 Å². The Morgan fingerprint density at radius 3 is 2.20 bits per heavy atom. The van der Waals surface area contributed by atoms with Gasteiger partial charge in [-0.2, -0.15) is 4.31 Å². The monoisotopic (exact) mass is 338 g/mol. The van der Waals surface area contributed by atoms with Crippen LogP contribution in [-0.2, 0) is 10.0 Å². The van der Waals surface area contributed by atoms with Gasteiger partial charge >= 0.3 is 0 Å². The first kappa shape index (κ1) is 15.9. The fraction of sp³-hybridized carbons (Fsp3) is 0.500. The number of nitrogen functional groups attached to an aromatic ring is 1. The van der Waals surface area contributed by atoms with Crippen LogP contribution < -0.4 is 5.73 Å². The van der Waals surface area contributed by atoms with Crippen molar-refractivity contribution in [2.45, 2.75) is 17.7 Å². The maximum atomic E-state index is 12.5. The SMILES string of the molecule is Nc1c(Cl)cc(S(=O)(=O)N2CCC(CO)CC2)cc1Cl. The fourth-order valence-electron chi connectivity index (χ4n) is 2.19. The maximum Gasteiger partial charge on any atom is 0.243 e. The molecule has 1 aliphatic rings. The van der Waals surface area contributed by atoms with E-state index in [-0.39, 0.29) is 33.2 Å². The molecule has 112 valence electrons. The molecule has 3 N–H and O–H groups in total. The molecular formula is C12H16Cl2N2O3S. The van der Waals surface area contributed by atoms with Crippen molar-refractivity contribution in [3.63, 3.8) is 0 Å². The van der Waals surface area contributed by atoms with E-state index < -0.39 is 10.0 Å². The lowest BCUT2D eigenvalue weighted by atomic mass is 10.00. The predicted octanol–water partition coefficient (Wildman–Crippen LogP) is 1.97. The zero-order chi connectivity index (χ0) is 14.9. The van der Waals surface area contributed by atoms with E-state index >= 15 is 0 Å². The predicted molar refractivity (Wildman–Crippen MR) is 79.4 cm³/mol. The van der Waals surface area contributed by atoms with Crippen LogP contribution in [0.3, 0.4) is 0 Å². The Bertz CT molecular complexity index is 576. The molecule has 8 heteroatoms. The van der Waals surface area contributed by atoms with Crippen LogP contribution >= 0.6 is 23.2 Å². The summed E-state index contributed by atoms with van der Waals surface area (Å²) in [5.41, 5.74) is 5.78. The summed E-state index contributed by atoms with van der Waals surface area (Å²) in [7, 11) is -3.63. The molecule has 5 nitrogen and oxygen atoms in total. The number of benzene rings is 1. The molecule has 0 aliphatic carbocycles. The second kappa shape index (κ2) is 6.07. The first-order valence-corrected chi connectivity index (χ1v) is 8.41. The van der Waals surface area contributed by atoms with Crippen LogP contribution in [0.15, 0.2) is 17.0 Å². The number of anilines is 1. The van der Waals surface area contributed by atoms with Gasteiger partial charge in [0.15, 0.2) is 0 Å². The highest BCUT2D eigenvalue weighted by Crippen LogP contribution is 2.32. The largest absolute Gasteiger partial charge is 0.396 e. The van der Waals surface area contributed by atoms with Crippen molar-refractivity contribution in [2.24, 2.45) is 5.92 Å². The van der Waals surface area contributed by atoms with Crippen molar-refractivity contribution in [3.05, 3.63) is 22.2 Å². The van der Waals surface area contributed by atoms with E-state index in [0.29, 0.717) is 25.9 Å². The second-order valence-electron chi connectivity index (χ2n) is 4.83. The molecule has 1 heterocycles. The normalized spacial score (nSPS) is 18.4. The van der Waals surface area contributed by atoms with Gasteiger partial charge in [-0.05, 0) is 30.9 Å². The van der Waals surface area contributed by atoms with E-state index in [1.54, 1.807) is 0 Å². The quantitative estimate of drug-likeness (QED) is 0.825. The molecule has 0 saturated carbocycles. The molecule has 0 aromatic heterocycles. The van der Waals surface area contributed by atoms with Gasteiger partial charge in [0.05, 0.1) is 20.6 Å². The molecule has 2 rings (SSSR count). The first-order chi connectivity index (χ1) is 9.36. The highest BCUT2D eigenvalue weighted by atomic mass is 35.5. The molecule has 20 heavy (non-hydrogen) atoms. The Labute approximate surface area is 128 Å². The number of piperidine rings is 1. The molecule has 0 unspecified atom stereocenters. The maximum absolute atomic E-state index is 12.5. The number of nitrogens with two attached hydrogens (primary N) is 1. The van der Waals surface area contributed by atoms with Crippen LogP contribution in [-0.4, -0.2) is 37.5 Å². The molecule has 0 atom stereocenters. The van der Waals surface area contributed by atoms with Gasteiger partial charge in [0.1, 0.15) is 0 Å². The number of sulfonamides is 1. The molecule has 1 aliphatic heterocycles. The minimum atomic E-state index is -3.63. The molecule has 0 amide bonds. The molecule has 0 bridgehead atoms. The number of aliphatic hydroxyl groups excluding tert-OH is 1. The number of hydrogen-bond donors (Lipinski definition) is 2. The molecule has 1 fully saturated rings. The number of hydrogen-bond acceptors (Lipinski definition) is 4. The third kappa shape index (κ3) is 3.04. The highest BCUT2D eigenvalue weighted by Gasteiger charge is 2.29. The summed E-state index contributed by atoms with van der Waals surface area (Å²) in [6.07, 6.45) is 1.29. The molecule has 0 spiro atoms. The van der Waals surface area contributed by atoms with E-state index in [4.69, 9.17) is 34.0 Å². The summed E-state index contributed by atoms with van der Waals surface area (Å²) in [5, 5.41) is 9.34. The Morgan fingerprint density at radius 2 is 1.75 bits per heavy atom. The van der Waals surface area contributed by atoms with E-state index in [0.717, 1.165) is 0 Å². The van der Waals surface area contributed by atoms with Crippen molar-refractivity contribution in [1.29, 1.82) is 0 Å². The standard InChI is InChI=1S/C12H16Cl2N2O3S/c13-10-5-9(6-11(14)12(10)15)20(18,19)16-3-1-8(7-17)2-4-16/h5-6,8,17H,1-4,7,15H2. The molecule has 1 aromatic carbocycles. The Hall–Kier alpha value is -0.530. The summed E-state index contributed by atoms with van der Waals surface area (Å²) in [6.45, 7) is 0.855. The molecular weight excluding hydrogens is 323 g/mol. The van der Waals surface area contributed by atoms with Crippen molar-refractivity contribution in [1.82, 2.24) is 4.31 Å². The summed E-state index contributed by atoms with van der Waals surface area (Å²) < 4.78 is 26.4. The Balaban J connectivity index is 2.27. The fourth-order valence-corrected chi connectivity index (χ4v) is 4.33. The van der Waals surface area contributed by atoms with Crippen LogP contribution in [0.25, 0.3) is 0 Å². The first-order valence-electron chi connectivity index (χ1n) is 6.21. The minimum absolute atomic E-state index is 0.0455. The average Bonchev–Trinajstić information content (AvgIpc) is 2.44. The van der Waals surface area contributed by atoms with Crippen molar-refractivity contribution >= 4 is 38.9 Å². The third-order valence-electron chi connectivity index (χ3n) is 3.52. The molecule has 1 aromatic rings. The summed E-state index contributed by atoms with van der Waals surface area (Å²) in [4.78, 5) is 0.0455. The van der Waals surface area contributed by atoms with E-state index in [9.17, 15) is 8.42 Å². The van der Waals surface area contributed by atoms with Gasteiger partial charge in [0.25, 0.3) is 0 Å². The lowest BCUT2D eigenvalue weighted by Crippen LogP contribution is -2.39. The van der Waals surface area contributed by atoms with Crippen LogP contribution in [0.1, 0.15) is 12.8 Å².